The minimum absolute atomic E-state index is 0.0460. The van der Waals surface area contributed by atoms with Gasteiger partial charge in [-0.3, -0.25) is 4.79 Å². The van der Waals surface area contributed by atoms with Crippen molar-refractivity contribution in [1.29, 1.82) is 0 Å². The van der Waals surface area contributed by atoms with Crippen LogP contribution in [0, 0.1) is 5.92 Å². The molecule has 5 heteroatoms. The quantitative estimate of drug-likeness (QED) is 0.743. The van der Waals surface area contributed by atoms with Crippen LogP contribution in [-0.4, -0.2) is 18.0 Å². The monoisotopic (exact) mass is 339 g/mol. The molecule has 2 aromatic rings. The van der Waals surface area contributed by atoms with Crippen LogP contribution in [0.1, 0.15) is 26.3 Å². The molecule has 0 saturated carbocycles. The first kappa shape index (κ1) is 18.5. The maximum atomic E-state index is 12.7. The molecular weight excluding hydrogens is 314 g/mol. The van der Waals surface area contributed by atoms with Crippen molar-refractivity contribution in [3.05, 3.63) is 60.2 Å². The van der Waals surface area contributed by atoms with E-state index in [0.29, 0.717) is 5.69 Å². The molecule has 132 valence electrons. The molecule has 0 spiro atoms. The maximum absolute atomic E-state index is 12.7. The van der Waals surface area contributed by atoms with Gasteiger partial charge in [0.05, 0.1) is 0 Å². The van der Waals surface area contributed by atoms with Crippen LogP contribution in [0.4, 0.5) is 16.2 Å². The molecule has 5 nitrogen and oxygen atoms in total. The summed E-state index contributed by atoms with van der Waals surface area (Å²) in [5.41, 5.74) is 2.53. The Morgan fingerprint density at radius 3 is 2.20 bits per heavy atom. The highest BCUT2D eigenvalue weighted by Gasteiger charge is 2.24. The Morgan fingerprint density at radius 2 is 1.56 bits per heavy atom. The minimum atomic E-state index is -0.631. The molecule has 2 aromatic carbocycles. The second kappa shape index (κ2) is 8.87. The van der Waals surface area contributed by atoms with Crippen molar-refractivity contribution < 1.29 is 9.59 Å². The van der Waals surface area contributed by atoms with Gasteiger partial charge in [0, 0.05) is 11.4 Å². The standard InChI is InChI=1S/C20H25N3O2/c1-4-15-10-8-9-13-17(15)22-19(24)18(14(2)3)23-20(25)21-16-11-6-5-7-12-16/h5-14,18H,4H2,1-3H3,(H,22,24)(H2,21,23,25). The van der Waals surface area contributed by atoms with E-state index in [1.807, 2.05) is 63.2 Å². The third-order valence-electron chi connectivity index (χ3n) is 3.92. The van der Waals surface area contributed by atoms with Crippen molar-refractivity contribution in [2.45, 2.75) is 33.2 Å². The van der Waals surface area contributed by atoms with Crippen LogP contribution in [0.25, 0.3) is 0 Å². The molecule has 0 aliphatic heterocycles. The zero-order valence-corrected chi connectivity index (χ0v) is 14.9. The number of rotatable bonds is 6. The van der Waals surface area contributed by atoms with Crippen molar-refractivity contribution in [2.75, 3.05) is 10.6 Å². The van der Waals surface area contributed by atoms with Crippen molar-refractivity contribution in [3.63, 3.8) is 0 Å². The van der Waals surface area contributed by atoms with E-state index < -0.39 is 12.1 Å². The average Bonchev–Trinajstić information content (AvgIpc) is 2.60. The summed E-state index contributed by atoms with van der Waals surface area (Å²) in [5.74, 6) is -0.269. The first-order valence-corrected chi connectivity index (χ1v) is 8.52. The molecule has 0 bridgehead atoms. The molecule has 0 fully saturated rings. The van der Waals surface area contributed by atoms with E-state index in [2.05, 4.69) is 16.0 Å². The first-order valence-electron chi connectivity index (χ1n) is 8.52. The summed E-state index contributed by atoms with van der Waals surface area (Å²) in [6.07, 6.45) is 0.824. The zero-order chi connectivity index (χ0) is 18.2. The van der Waals surface area contributed by atoms with Gasteiger partial charge >= 0.3 is 6.03 Å². The Bertz CT molecular complexity index is 714. The van der Waals surface area contributed by atoms with Gasteiger partial charge in [-0.05, 0) is 36.1 Å². The lowest BCUT2D eigenvalue weighted by Crippen LogP contribution is -2.48. The molecule has 0 aliphatic rings. The summed E-state index contributed by atoms with van der Waals surface area (Å²) >= 11 is 0. The van der Waals surface area contributed by atoms with E-state index in [0.717, 1.165) is 17.7 Å². The summed E-state index contributed by atoms with van der Waals surface area (Å²) in [4.78, 5) is 24.9. The van der Waals surface area contributed by atoms with Crippen molar-refractivity contribution in [3.8, 4) is 0 Å². The SMILES string of the molecule is CCc1ccccc1NC(=O)C(NC(=O)Nc1ccccc1)C(C)C. The predicted molar refractivity (Wildman–Crippen MR) is 102 cm³/mol. The molecule has 0 aromatic heterocycles. The number of benzene rings is 2. The van der Waals surface area contributed by atoms with Crippen molar-refractivity contribution in [2.24, 2.45) is 5.92 Å². The number of carbonyl (C=O) groups is 2. The molecule has 3 amide bonds. The van der Waals surface area contributed by atoms with Gasteiger partial charge in [-0.15, -0.1) is 0 Å². The highest BCUT2D eigenvalue weighted by Crippen LogP contribution is 2.17. The lowest BCUT2D eigenvalue weighted by Gasteiger charge is -2.22. The summed E-state index contributed by atoms with van der Waals surface area (Å²) in [6.45, 7) is 5.84. The number of anilines is 2. The highest BCUT2D eigenvalue weighted by atomic mass is 16.2. The normalized spacial score (nSPS) is 11.7. The van der Waals surface area contributed by atoms with Crippen LogP contribution >= 0.6 is 0 Å². The van der Waals surface area contributed by atoms with E-state index in [1.54, 1.807) is 12.1 Å². The smallest absolute Gasteiger partial charge is 0.319 e. The highest BCUT2D eigenvalue weighted by molar-refractivity contribution is 5.99. The topological polar surface area (TPSA) is 70.2 Å². The van der Waals surface area contributed by atoms with Gasteiger partial charge < -0.3 is 16.0 Å². The third kappa shape index (κ3) is 5.35. The van der Waals surface area contributed by atoms with Gasteiger partial charge in [0.25, 0.3) is 0 Å². The first-order chi connectivity index (χ1) is 12.0. The number of urea groups is 1. The van der Waals surface area contributed by atoms with Gasteiger partial charge in [0.15, 0.2) is 0 Å². The molecule has 0 radical (unpaired) electrons. The number of hydrogen-bond acceptors (Lipinski definition) is 2. The Kier molecular flexibility index (Phi) is 6.57. The number of para-hydroxylation sites is 2. The van der Waals surface area contributed by atoms with Gasteiger partial charge in [-0.25, -0.2) is 4.79 Å². The van der Waals surface area contributed by atoms with Gasteiger partial charge in [0.2, 0.25) is 5.91 Å². The molecular formula is C20H25N3O2. The summed E-state index contributed by atoms with van der Waals surface area (Å²) in [5, 5.41) is 8.43. The molecule has 1 atom stereocenters. The molecule has 2 rings (SSSR count). The third-order valence-corrected chi connectivity index (χ3v) is 3.92. The Balaban J connectivity index is 2.04. The van der Waals surface area contributed by atoms with Crippen LogP contribution in [-0.2, 0) is 11.2 Å². The van der Waals surface area contributed by atoms with Crippen LogP contribution in [0.15, 0.2) is 54.6 Å². The van der Waals surface area contributed by atoms with E-state index in [4.69, 9.17) is 0 Å². The van der Waals surface area contributed by atoms with Gasteiger partial charge in [-0.1, -0.05) is 57.2 Å². The fraction of sp³-hybridized carbons (Fsp3) is 0.300. The van der Waals surface area contributed by atoms with E-state index in [1.165, 1.54) is 0 Å². The van der Waals surface area contributed by atoms with Crippen molar-refractivity contribution >= 4 is 23.3 Å². The van der Waals surface area contributed by atoms with Crippen LogP contribution in [0.2, 0.25) is 0 Å². The van der Waals surface area contributed by atoms with Crippen molar-refractivity contribution in [1.82, 2.24) is 5.32 Å². The van der Waals surface area contributed by atoms with Gasteiger partial charge in [-0.2, -0.15) is 0 Å². The van der Waals surface area contributed by atoms with E-state index in [-0.39, 0.29) is 11.8 Å². The second-order valence-electron chi connectivity index (χ2n) is 6.19. The number of hydrogen-bond donors (Lipinski definition) is 3. The zero-order valence-electron chi connectivity index (χ0n) is 14.9. The Hall–Kier alpha value is -2.82. The predicted octanol–water partition coefficient (Wildman–Crippen LogP) is 4.03. The number of nitrogens with one attached hydrogen (secondary N) is 3. The summed E-state index contributed by atoms with van der Waals surface area (Å²) < 4.78 is 0. The molecule has 0 aliphatic carbocycles. The maximum Gasteiger partial charge on any atom is 0.319 e. The molecule has 3 N–H and O–H groups in total. The lowest BCUT2D eigenvalue weighted by atomic mass is 10.0. The van der Waals surface area contributed by atoms with Crippen LogP contribution < -0.4 is 16.0 Å². The van der Waals surface area contributed by atoms with Crippen LogP contribution in [0.5, 0.6) is 0 Å². The molecule has 0 saturated heterocycles. The molecule has 0 heterocycles. The number of aryl methyl sites for hydroxylation is 1. The number of amides is 3. The number of carbonyl (C=O) groups excluding carboxylic acids is 2. The lowest BCUT2D eigenvalue weighted by molar-refractivity contribution is -0.118. The Morgan fingerprint density at radius 1 is 0.920 bits per heavy atom. The Labute approximate surface area is 148 Å². The fourth-order valence-electron chi connectivity index (χ4n) is 2.53. The molecule has 25 heavy (non-hydrogen) atoms. The summed E-state index contributed by atoms with van der Waals surface area (Å²) in [7, 11) is 0. The minimum Gasteiger partial charge on any atom is -0.326 e. The van der Waals surface area contributed by atoms with Gasteiger partial charge in [0.1, 0.15) is 6.04 Å². The second-order valence-corrected chi connectivity index (χ2v) is 6.19. The largest absolute Gasteiger partial charge is 0.326 e. The summed E-state index contributed by atoms with van der Waals surface area (Å²) in [6, 6.07) is 15.8. The average molecular weight is 339 g/mol. The molecule has 1 unspecified atom stereocenters. The van der Waals surface area contributed by atoms with E-state index in [9.17, 15) is 9.59 Å². The van der Waals surface area contributed by atoms with E-state index >= 15 is 0 Å². The fourth-order valence-corrected chi connectivity index (χ4v) is 2.53. The van der Waals surface area contributed by atoms with Crippen LogP contribution in [0.3, 0.4) is 0 Å².